The van der Waals surface area contributed by atoms with Crippen molar-refractivity contribution in [3.63, 3.8) is 0 Å². The van der Waals surface area contributed by atoms with Gasteiger partial charge in [0.15, 0.2) is 5.82 Å². The van der Waals surface area contributed by atoms with Crippen LogP contribution in [-0.2, 0) is 0 Å². The first kappa shape index (κ1) is 14.6. The van der Waals surface area contributed by atoms with E-state index in [0.717, 1.165) is 29.7 Å². The molecule has 1 aromatic heterocycles. The highest BCUT2D eigenvalue weighted by atomic mass is 15.4. The van der Waals surface area contributed by atoms with Crippen LogP contribution >= 0.6 is 0 Å². The summed E-state index contributed by atoms with van der Waals surface area (Å²) in [6.07, 6.45) is 0. The molecule has 120 valence electrons. The molecule has 0 unspecified atom stereocenters. The minimum absolute atomic E-state index is 0.757. The smallest absolute Gasteiger partial charge is 0.161 e. The number of para-hydroxylation sites is 2. The van der Waals surface area contributed by atoms with E-state index in [1.54, 1.807) is 0 Å². The lowest BCUT2D eigenvalue weighted by Crippen LogP contribution is -2.24. The topological polar surface area (TPSA) is 22.6 Å². The van der Waals surface area contributed by atoms with E-state index in [9.17, 15) is 0 Å². The number of nitrogens with zero attached hydrogens (tertiary/aromatic N) is 4. The summed E-state index contributed by atoms with van der Waals surface area (Å²) >= 11 is 0. The maximum atomic E-state index is 4.90. The zero-order chi connectivity index (χ0) is 16.5. The molecule has 0 spiro atoms. The molecule has 2 aromatic carbocycles. The SMILES string of the molecule is CN(C)c1ccc2c(n1)N(c1ccccc1)CN2c1ccccc1. The summed E-state index contributed by atoms with van der Waals surface area (Å²) in [5, 5.41) is 0. The number of benzene rings is 2. The quantitative estimate of drug-likeness (QED) is 0.714. The molecule has 4 heteroatoms. The summed E-state index contributed by atoms with van der Waals surface area (Å²) in [5.74, 6) is 1.96. The van der Waals surface area contributed by atoms with E-state index in [1.807, 2.05) is 31.1 Å². The van der Waals surface area contributed by atoms with Crippen LogP contribution in [0.4, 0.5) is 28.7 Å². The van der Waals surface area contributed by atoms with Crippen LogP contribution in [0.1, 0.15) is 0 Å². The van der Waals surface area contributed by atoms with Gasteiger partial charge in [0.2, 0.25) is 0 Å². The van der Waals surface area contributed by atoms with Crippen molar-refractivity contribution in [3.8, 4) is 0 Å². The number of hydrogen-bond donors (Lipinski definition) is 0. The molecule has 4 rings (SSSR count). The fourth-order valence-corrected chi connectivity index (χ4v) is 3.01. The van der Waals surface area contributed by atoms with Gasteiger partial charge in [-0.05, 0) is 36.4 Å². The molecule has 0 saturated heterocycles. The van der Waals surface area contributed by atoms with Crippen LogP contribution in [0.3, 0.4) is 0 Å². The number of anilines is 5. The van der Waals surface area contributed by atoms with Crippen LogP contribution in [0.25, 0.3) is 0 Å². The van der Waals surface area contributed by atoms with E-state index in [-0.39, 0.29) is 0 Å². The third-order valence-corrected chi connectivity index (χ3v) is 4.26. The van der Waals surface area contributed by atoms with Crippen molar-refractivity contribution in [3.05, 3.63) is 72.8 Å². The van der Waals surface area contributed by atoms with E-state index < -0.39 is 0 Å². The molecule has 0 radical (unpaired) electrons. The van der Waals surface area contributed by atoms with Gasteiger partial charge in [-0.1, -0.05) is 36.4 Å². The fraction of sp³-hybridized carbons (Fsp3) is 0.150. The maximum absolute atomic E-state index is 4.90. The molecule has 3 aromatic rings. The second-order valence-corrected chi connectivity index (χ2v) is 6.08. The van der Waals surface area contributed by atoms with E-state index in [2.05, 4.69) is 70.5 Å². The molecular formula is C20H20N4. The van der Waals surface area contributed by atoms with E-state index in [4.69, 9.17) is 4.98 Å². The molecule has 0 bridgehead atoms. The third-order valence-electron chi connectivity index (χ3n) is 4.26. The Kier molecular flexibility index (Phi) is 3.58. The number of rotatable bonds is 3. The zero-order valence-electron chi connectivity index (χ0n) is 13.9. The molecule has 2 heterocycles. The van der Waals surface area contributed by atoms with Crippen molar-refractivity contribution >= 4 is 28.7 Å². The van der Waals surface area contributed by atoms with Crippen LogP contribution in [0.15, 0.2) is 72.8 Å². The molecular weight excluding hydrogens is 296 g/mol. The second kappa shape index (κ2) is 5.89. The van der Waals surface area contributed by atoms with Gasteiger partial charge in [-0.2, -0.15) is 0 Å². The van der Waals surface area contributed by atoms with Gasteiger partial charge in [-0.25, -0.2) is 4.98 Å². The van der Waals surface area contributed by atoms with E-state index >= 15 is 0 Å². The highest BCUT2D eigenvalue weighted by Gasteiger charge is 2.29. The van der Waals surface area contributed by atoms with Gasteiger partial charge in [0, 0.05) is 25.5 Å². The van der Waals surface area contributed by atoms with Crippen LogP contribution in [0, 0.1) is 0 Å². The Bertz CT molecular complexity index is 831. The molecule has 0 fully saturated rings. The average molecular weight is 316 g/mol. The standard InChI is InChI=1S/C20H20N4/c1-22(2)19-14-13-18-20(21-19)24(17-11-7-4-8-12-17)15-23(18)16-9-5-3-6-10-16/h3-14H,15H2,1-2H3. The molecule has 0 atom stereocenters. The second-order valence-electron chi connectivity index (χ2n) is 6.08. The summed E-state index contributed by atoms with van der Waals surface area (Å²) in [7, 11) is 4.04. The van der Waals surface area contributed by atoms with Crippen LogP contribution in [0.2, 0.25) is 0 Å². The minimum Gasteiger partial charge on any atom is -0.363 e. The summed E-state index contributed by atoms with van der Waals surface area (Å²) in [6.45, 7) is 0.757. The van der Waals surface area contributed by atoms with Crippen LogP contribution < -0.4 is 14.7 Å². The van der Waals surface area contributed by atoms with Crippen LogP contribution in [-0.4, -0.2) is 25.7 Å². The Labute approximate surface area is 142 Å². The van der Waals surface area contributed by atoms with Gasteiger partial charge in [0.25, 0.3) is 0 Å². The Morgan fingerprint density at radius 1 is 0.750 bits per heavy atom. The molecule has 24 heavy (non-hydrogen) atoms. The number of aromatic nitrogens is 1. The lowest BCUT2D eigenvalue weighted by Gasteiger charge is -2.21. The van der Waals surface area contributed by atoms with Gasteiger partial charge >= 0.3 is 0 Å². The predicted octanol–water partition coefficient (Wildman–Crippen LogP) is 4.39. The lowest BCUT2D eigenvalue weighted by molar-refractivity contribution is 0.977. The van der Waals surface area contributed by atoms with Crippen molar-refractivity contribution in [2.24, 2.45) is 0 Å². The fourth-order valence-electron chi connectivity index (χ4n) is 3.01. The first-order valence-electron chi connectivity index (χ1n) is 8.07. The largest absolute Gasteiger partial charge is 0.363 e. The Balaban J connectivity index is 1.83. The molecule has 1 aliphatic rings. The average Bonchev–Trinajstić information content (AvgIpc) is 3.02. The predicted molar refractivity (Wildman–Crippen MR) is 101 cm³/mol. The Morgan fingerprint density at radius 3 is 1.92 bits per heavy atom. The first-order chi connectivity index (χ1) is 11.7. The van der Waals surface area contributed by atoms with Crippen molar-refractivity contribution in [2.75, 3.05) is 35.5 Å². The Hall–Kier alpha value is -3.01. The number of pyridine rings is 1. The normalized spacial score (nSPS) is 13.1. The van der Waals surface area contributed by atoms with Crippen molar-refractivity contribution in [1.29, 1.82) is 0 Å². The minimum atomic E-state index is 0.757. The highest BCUT2D eigenvalue weighted by molar-refractivity contribution is 5.85. The van der Waals surface area contributed by atoms with Gasteiger partial charge < -0.3 is 14.7 Å². The van der Waals surface area contributed by atoms with Crippen molar-refractivity contribution in [1.82, 2.24) is 4.98 Å². The summed E-state index contributed by atoms with van der Waals surface area (Å²) in [4.78, 5) is 11.5. The summed E-state index contributed by atoms with van der Waals surface area (Å²) < 4.78 is 0. The van der Waals surface area contributed by atoms with E-state index in [0.29, 0.717) is 0 Å². The first-order valence-corrected chi connectivity index (χ1v) is 8.07. The monoisotopic (exact) mass is 316 g/mol. The van der Waals surface area contributed by atoms with Gasteiger partial charge in [-0.3, -0.25) is 0 Å². The molecule has 0 N–H and O–H groups in total. The van der Waals surface area contributed by atoms with Crippen LogP contribution in [0.5, 0.6) is 0 Å². The molecule has 1 aliphatic heterocycles. The summed E-state index contributed by atoms with van der Waals surface area (Å²) in [6, 6.07) is 25.1. The maximum Gasteiger partial charge on any atom is 0.161 e. The number of hydrogen-bond acceptors (Lipinski definition) is 4. The molecule has 0 aliphatic carbocycles. The summed E-state index contributed by atoms with van der Waals surface area (Å²) in [5.41, 5.74) is 3.47. The van der Waals surface area contributed by atoms with E-state index in [1.165, 1.54) is 5.69 Å². The highest BCUT2D eigenvalue weighted by Crippen LogP contribution is 2.43. The zero-order valence-corrected chi connectivity index (χ0v) is 13.9. The molecule has 0 amide bonds. The van der Waals surface area contributed by atoms with Gasteiger partial charge in [0.05, 0.1) is 5.69 Å². The van der Waals surface area contributed by atoms with Crippen molar-refractivity contribution in [2.45, 2.75) is 0 Å². The molecule has 0 saturated carbocycles. The van der Waals surface area contributed by atoms with Gasteiger partial charge in [-0.15, -0.1) is 0 Å². The lowest BCUT2D eigenvalue weighted by atomic mass is 10.2. The third kappa shape index (κ3) is 2.46. The van der Waals surface area contributed by atoms with Gasteiger partial charge in [0.1, 0.15) is 12.5 Å². The van der Waals surface area contributed by atoms with Crippen molar-refractivity contribution < 1.29 is 0 Å². The molecule has 4 nitrogen and oxygen atoms in total. The number of fused-ring (bicyclic) bond motifs is 1. The Morgan fingerprint density at radius 2 is 1.33 bits per heavy atom.